The third-order valence-electron chi connectivity index (χ3n) is 7.17. The van der Waals surface area contributed by atoms with E-state index in [4.69, 9.17) is 9.47 Å². The molecule has 0 spiro atoms. The molecule has 2 heterocycles. The second-order valence-corrected chi connectivity index (χ2v) is 9.25. The maximum absolute atomic E-state index is 12.6. The summed E-state index contributed by atoms with van der Waals surface area (Å²) < 4.78 is 12.3. The molecule has 0 unspecified atom stereocenters. The van der Waals surface area contributed by atoms with Crippen LogP contribution in [0.1, 0.15) is 28.2 Å². The van der Waals surface area contributed by atoms with Gasteiger partial charge in [0.05, 0.1) is 30.4 Å². The number of ether oxygens (including phenoxy) is 2. The molecule has 7 nitrogen and oxygen atoms in total. The highest BCUT2D eigenvalue weighted by Gasteiger charge is 2.76. The number of hydrogen-bond donors (Lipinski definition) is 2. The molecular formula is C27H27N3O4. The van der Waals surface area contributed by atoms with Crippen LogP contribution in [0, 0.1) is 17.2 Å². The van der Waals surface area contributed by atoms with Gasteiger partial charge in [-0.2, -0.15) is 5.26 Å². The SMILES string of the molecule is COc1nccc2c1[C@]1(O)[C@H](O)[C@H](CN(C)C)[C@@H](c3ccccc3)[C@]1(c1ccc(C#N)cc1)O2. The summed E-state index contributed by atoms with van der Waals surface area (Å²) in [4.78, 5) is 6.32. The highest BCUT2D eigenvalue weighted by molar-refractivity contribution is 5.58. The number of aliphatic hydroxyl groups excluding tert-OH is 1. The lowest BCUT2D eigenvalue weighted by molar-refractivity contribution is -0.152. The first-order valence-corrected chi connectivity index (χ1v) is 11.2. The van der Waals surface area contributed by atoms with E-state index in [-0.39, 0.29) is 11.8 Å². The number of methoxy groups -OCH3 is 1. The van der Waals surface area contributed by atoms with Crippen molar-refractivity contribution in [2.75, 3.05) is 27.7 Å². The van der Waals surface area contributed by atoms with Crippen molar-refractivity contribution in [3.63, 3.8) is 0 Å². The second kappa shape index (κ2) is 8.10. The van der Waals surface area contributed by atoms with E-state index in [1.54, 1.807) is 36.5 Å². The van der Waals surface area contributed by atoms with Crippen LogP contribution < -0.4 is 9.47 Å². The van der Waals surface area contributed by atoms with Gasteiger partial charge >= 0.3 is 0 Å². The monoisotopic (exact) mass is 457 g/mol. The number of nitrogens with zero attached hydrogens (tertiary/aromatic N) is 3. The summed E-state index contributed by atoms with van der Waals surface area (Å²) in [6.07, 6.45) is 0.380. The first kappa shape index (κ1) is 22.4. The number of fused-ring (bicyclic) bond motifs is 3. The van der Waals surface area contributed by atoms with Gasteiger partial charge in [-0.25, -0.2) is 4.98 Å². The maximum Gasteiger partial charge on any atom is 0.223 e. The van der Waals surface area contributed by atoms with Gasteiger partial charge in [0, 0.05) is 24.6 Å². The van der Waals surface area contributed by atoms with E-state index in [2.05, 4.69) is 11.1 Å². The number of hydrogen-bond acceptors (Lipinski definition) is 7. The van der Waals surface area contributed by atoms with Crippen molar-refractivity contribution in [2.24, 2.45) is 5.92 Å². The Balaban J connectivity index is 1.85. The summed E-state index contributed by atoms with van der Waals surface area (Å²) in [5.74, 6) is -0.161. The van der Waals surface area contributed by atoms with Crippen LogP contribution in [-0.4, -0.2) is 54.0 Å². The Labute approximate surface area is 198 Å². The molecular weight excluding hydrogens is 430 g/mol. The first-order chi connectivity index (χ1) is 16.4. The molecule has 0 bridgehead atoms. The van der Waals surface area contributed by atoms with Crippen molar-refractivity contribution < 1.29 is 19.7 Å². The Bertz CT molecular complexity index is 1240. The molecule has 0 radical (unpaired) electrons. The lowest BCUT2D eigenvalue weighted by Crippen LogP contribution is -2.52. The number of aliphatic hydroxyl groups is 2. The fraction of sp³-hybridized carbons (Fsp3) is 0.333. The molecule has 0 saturated heterocycles. The smallest absolute Gasteiger partial charge is 0.223 e. The minimum Gasteiger partial charge on any atom is -0.481 e. The first-order valence-electron chi connectivity index (χ1n) is 11.2. The molecule has 174 valence electrons. The van der Waals surface area contributed by atoms with Gasteiger partial charge in [0.2, 0.25) is 5.88 Å². The normalized spacial score (nSPS) is 29.3. The Morgan fingerprint density at radius 3 is 2.44 bits per heavy atom. The molecule has 34 heavy (non-hydrogen) atoms. The molecule has 1 saturated carbocycles. The average Bonchev–Trinajstić information content (AvgIpc) is 3.23. The summed E-state index contributed by atoms with van der Waals surface area (Å²) >= 11 is 0. The number of aromatic nitrogens is 1. The highest BCUT2D eigenvalue weighted by atomic mass is 16.5. The third kappa shape index (κ3) is 2.90. The largest absolute Gasteiger partial charge is 0.481 e. The average molecular weight is 458 g/mol. The van der Waals surface area contributed by atoms with Crippen LogP contribution in [0.5, 0.6) is 11.6 Å². The Kier molecular flexibility index (Phi) is 5.33. The van der Waals surface area contributed by atoms with E-state index in [1.807, 2.05) is 49.3 Å². The predicted molar refractivity (Wildman–Crippen MR) is 125 cm³/mol. The van der Waals surface area contributed by atoms with E-state index in [0.29, 0.717) is 29.0 Å². The Morgan fingerprint density at radius 1 is 1.12 bits per heavy atom. The van der Waals surface area contributed by atoms with E-state index < -0.39 is 23.2 Å². The van der Waals surface area contributed by atoms with E-state index in [9.17, 15) is 15.5 Å². The quantitative estimate of drug-likeness (QED) is 0.608. The molecule has 7 heteroatoms. The van der Waals surface area contributed by atoms with Gasteiger partial charge in [-0.1, -0.05) is 42.5 Å². The van der Waals surface area contributed by atoms with Crippen LogP contribution in [0.15, 0.2) is 66.9 Å². The van der Waals surface area contributed by atoms with Crippen molar-refractivity contribution >= 4 is 0 Å². The molecule has 3 aromatic rings. The molecule has 5 rings (SSSR count). The zero-order valence-corrected chi connectivity index (χ0v) is 19.3. The minimum absolute atomic E-state index is 0.215. The van der Waals surface area contributed by atoms with Crippen molar-refractivity contribution in [1.29, 1.82) is 5.26 Å². The number of benzene rings is 2. The molecule has 1 fully saturated rings. The molecule has 2 aliphatic rings. The van der Waals surface area contributed by atoms with Crippen LogP contribution in [-0.2, 0) is 11.2 Å². The van der Waals surface area contributed by atoms with Gasteiger partial charge in [0.25, 0.3) is 0 Å². The summed E-state index contributed by atoms with van der Waals surface area (Å²) in [5, 5.41) is 33.9. The zero-order chi connectivity index (χ0) is 24.1. The maximum atomic E-state index is 12.6. The second-order valence-electron chi connectivity index (χ2n) is 9.25. The third-order valence-corrected chi connectivity index (χ3v) is 7.17. The Hall–Kier alpha value is -3.44. The summed E-state index contributed by atoms with van der Waals surface area (Å²) in [7, 11) is 5.37. The van der Waals surface area contributed by atoms with Gasteiger partial charge < -0.3 is 24.6 Å². The molecule has 2 aromatic carbocycles. The van der Waals surface area contributed by atoms with Crippen molar-refractivity contribution in [1.82, 2.24) is 9.88 Å². The van der Waals surface area contributed by atoms with Crippen molar-refractivity contribution in [3.05, 3.63) is 89.1 Å². The lowest BCUT2D eigenvalue weighted by Gasteiger charge is -2.41. The van der Waals surface area contributed by atoms with E-state index >= 15 is 0 Å². The molecule has 2 N–H and O–H groups in total. The van der Waals surface area contributed by atoms with Crippen molar-refractivity contribution in [3.8, 4) is 17.7 Å². The standard InChI is InChI=1S/C27H27N3O4/c1-30(2)16-20-22(18-7-5-4-6-8-18)27(19-11-9-17(15-28)10-12-19)26(32,24(20)31)23-21(34-27)13-14-29-25(23)33-3/h4-14,20,22,24,31-32H,16H2,1-3H3/t20-,22-,24-,26+,27+/m1/s1. The number of nitriles is 1. The van der Waals surface area contributed by atoms with Gasteiger partial charge in [-0.3, -0.25) is 0 Å². The predicted octanol–water partition coefficient (Wildman–Crippen LogP) is 2.77. The summed E-state index contributed by atoms with van der Waals surface area (Å²) in [5.41, 5.74) is -0.775. The van der Waals surface area contributed by atoms with Gasteiger partial charge in [0.1, 0.15) is 5.75 Å². The number of pyridine rings is 1. The minimum atomic E-state index is -1.85. The molecule has 1 aliphatic heterocycles. The fourth-order valence-electron chi connectivity index (χ4n) is 5.94. The van der Waals surface area contributed by atoms with Gasteiger partial charge in [-0.15, -0.1) is 0 Å². The molecule has 1 aliphatic carbocycles. The van der Waals surface area contributed by atoms with Crippen LogP contribution in [0.3, 0.4) is 0 Å². The molecule has 5 atom stereocenters. The van der Waals surface area contributed by atoms with E-state index in [1.165, 1.54) is 7.11 Å². The zero-order valence-electron chi connectivity index (χ0n) is 19.3. The fourth-order valence-corrected chi connectivity index (χ4v) is 5.94. The lowest BCUT2D eigenvalue weighted by atomic mass is 9.70. The van der Waals surface area contributed by atoms with Crippen LogP contribution in [0.25, 0.3) is 0 Å². The van der Waals surface area contributed by atoms with Crippen LogP contribution >= 0.6 is 0 Å². The van der Waals surface area contributed by atoms with Crippen molar-refractivity contribution in [2.45, 2.75) is 23.2 Å². The Morgan fingerprint density at radius 2 is 1.82 bits per heavy atom. The van der Waals surface area contributed by atoms with Gasteiger partial charge in [0.15, 0.2) is 11.2 Å². The molecule has 1 aromatic heterocycles. The highest BCUT2D eigenvalue weighted by Crippen LogP contribution is 2.69. The van der Waals surface area contributed by atoms with Gasteiger partial charge in [-0.05, 0) is 43.4 Å². The number of rotatable bonds is 5. The summed E-state index contributed by atoms with van der Waals surface area (Å²) in [6, 6.07) is 20.7. The molecule has 0 amide bonds. The van der Waals surface area contributed by atoms with Crippen LogP contribution in [0.2, 0.25) is 0 Å². The van der Waals surface area contributed by atoms with E-state index in [0.717, 1.165) is 5.56 Å². The summed E-state index contributed by atoms with van der Waals surface area (Å²) in [6.45, 7) is 0.516. The van der Waals surface area contributed by atoms with Crippen LogP contribution in [0.4, 0.5) is 0 Å². The topological polar surface area (TPSA) is 98.8 Å².